The molecule has 4 rings (SSSR count). The number of aromatic nitrogens is 1. The number of carbonyl (C=O) groups is 1. The molecule has 0 spiro atoms. The minimum absolute atomic E-state index is 0.0313. The number of thiocarbonyl (C=S) groups is 1. The Morgan fingerprint density at radius 1 is 1.14 bits per heavy atom. The predicted molar refractivity (Wildman–Crippen MR) is 121 cm³/mol. The summed E-state index contributed by atoms with van der Waals surface area (Å²) in [6, 6.07) is 14.2. The van der Waals surface area contributed by atoms with E-state index in [1.54, 1.807) is 0 Å². The third-order valence-corrected chi connectivity index (χ3v) is 6.03. The van der Waals surface area contributed by atoms with Crippen molar-refractivity contribution < 1.29 is 9.72 Å². The van der Waals surface area contributed by atoms with Gasteiger partial charge in [-0.05, 0) is 38.1 Å². The molecule has 1 amide bonds. The fourth-order valence-electron chi connectivity index (χ4n) is 3.33. The summed E-state index contributed by atoms with van der Waals surface area (Å²) in [4.78, 5) is 25.4. The summed E-state index contributed by atoms with van der Waals surface area (Å²) in [5, 5.41) is 11.9. The molecule has 1 aliphatic rings. The number of benzene rings is 2. The number of nitro groups is 1. The zero-order valence-corrected chi connectivity index (χ0v) is 17.4. The van der Waals surface area contributed by atoms with E-state index >= 15 is 0 Å². The molecule has 0 aliphatic carbocycles. The summed E-state index contributed by atoms with van der Waals surface area (Å²) in [7, 11) is 0. The van der Waals surface area contributed by atoms with E-state index in [2.05, 4.69) is 24.5 Å². The molecule has 1 fully saturated rings. The van der Waals surface area contributed by atoms with Crippen LogP contribution in [0.25, 0.3) is 17.0 Å². The molecule has 2 heterocycles. The van der Waals surface area contributed by atoms with E-state index in [0.29, 0.717) is 14.9 Å². The number of para-hydroxylation sites is 1. The Morgan fingerprint density at radius 3 is 2.48 bits per heavy atom. The summed E-state index contributed by atoms with van der Waals surface area (Å²) in [6.07, 6.45) is 3.92. The average Bonchev–Trinajstić information content (AvgIpc) is 3.20. The average molecular weight is 424 g/mol. The number of nitrogens with zero attached hydrogens (tertiary/aromatic N) is 3. The first-order valence-corrected chi connectivity index (χ1v) is 10.2. The van der Waals surface area contributed by atoms with Gasteiger partial charge >= 0.3 is 0 Å². The van der Waals surface area contributed by atoms with Crippen LogP contribution in [0.2, 0.25) is 0 Å². The molecule has 29 heavy (non-hydrogen) atoms. The van der Waals surface area contributed by atoms with Gasteiger partial charge in [-0.2, -0.15) is 0 Å². The highest BCUT2D eigenvalue weighted by Gasteiger charge is 2.33. The van der Waals surface area contributed by atoms with Gasteiger partial charge in [0.15, 0.2) is 4.32 Å². The molecule has 1 saturated heterocycles. The molecule has 0 N–H and O–H groups in total. The van der Waals surface area contributed by atoms with Gasteiger partial charge in [0.2, 0.25) is 0 Å². The Kier molecular flexibility index (Phi) is 4.97. The van der Waals surface area contributed by atoms with Gasteiger partial charge in [0.25, 0.3) is 11.6 Å². The van der Waals surface area contributed by atoms with E-state index in [9.17, 15) is 14.9 Å². The third kappa shape index (κ3) is 3.45. The molecule has 3 aromatic rings. The summed E-state index contributed by atoms with van der Waals surface area (Å²) >= 11 is 6.64. The van der Waals surface area contributed by atoms with Gasteiger partial charge in [-0.15, -0.1) is 0 Å². The number of non-ortho nitro benzene ring substituents is 1. The molecular weight excluding hydrogens is 406 g/mol. The second kappa shape index (κ2) is 7.46. The van der Waals surface area contributed by atoms with Gasteiger partial charge in [-0.3, -0.25) is 19.8 Å². The molecule has 0 atom stereocenters. The number of hydrogen-bond acceptors (Lipinski definition) is 5. The standard InChI is InChI=1S/C21H17N3O3S2/c1-13(2)22-12-14(17-5-3-4-6-18(17)22)11-19-20(25)23(21(28)29-19)15-7-9-16(10-8-15)24(26)27/h3-13H,1-2H3/b19-11-. The quantitative estimate of drug-likeness (QED) is 0.239. The highest BCUT2D eigenvalue weighted by atomic mass is 32.2. The molecule has 1 aliphatic heterocycles. The zero-order chi connectivity index (χ0) is 20.7. The minimum atomic E-state index is -0.474. The van der Waals surface area contributed by atoms with Crippen molar-refractivity contribution in [3.8, 4) is 0 Å². The minimum Gasteiger partial charge on any atom is -0.344 e. The van der Waals surface area contributed by atoms with E-state index < -0.39 is 4.92 Å². The maximum atomic E-state index is 13.0. The van der Waals surface area contributed by atoms with Crippen LogP contribution < -0.4 is 4.90 Å². The zero-order valence-electron chi connectivity index (χ0n) is 15.7. The van der Waals surface area contributed by atoms with Crippen molar-refractivity contribution in [2.45, 2.75) is 19.9 Å². The molecule has 2 aromatic carbocycles. The second-order valence-electron chi connectivity index (χ2n) is 6.89. The Labute approximate surface area is 177 Å². The molecule has 146 valence electrons. The Balaban J connectivity index is 1.71. The van der Waals surface area contributed by atoms with E-state index in [0.717, 1.165) is 16.5 Å². The van der Waals surface area contributed by atoms with Crippen molar-refractivity contribution >= 4 is 62.6 Å². The Bertz CT molecular complexity index is 1180. The fraction of sp³-hybridized carbons (Fsp3) is 0.143. The number of nitro benzene ring substituents is 1. The fourth-order valence-corrected chi connectivity index (χ4v) is 4.62. The van der Waals surface area contributed by atoms with Crippen LogP contribution in [0, 0.1) is 10.1 Å². The highest BCUT2D eigenvalue weighted by molar-refractivity contribution is 8.27. The number of thioether (sulfide) groups is 1. The van der Waals surface area contributed by atoms with Gasteiger partial charge in [0.1, 0.15) is 0 Å². The lowest BCUT2D eigenvalue weighted by molar-refractivity contribution is -0.384. The van der Waals surface area contributed by atoms with E-state index in [1.807, 2.05) is 30.5 Å². The van der Waals surface area contributed by atoms with Crippen LogP contribution in [0.15, 0.2) is 59.6 Å². The number of anilines is 1. The topological polar surface area (TPSA) is 68.4 Å². The lowest BCUT2D eigenvalue weighted by Gasteiger charge is -2.13. The largest absolute Gasteiger partial charge is 0.344 e. The second-order valence-corrected chi connectivity index (χ2v) is 8.57. The van der Waals surface area contributed by atoms with Crippen molar-refractivity contribution in [1.82, 2.24) is 4.57 Å². The number of hydrogen-bond donors (Lipinski definition) is 0. The smallest absolute Gasteiger partial charge is 0.270 e. The van der Waals surface area contributed by atoms with Crippen LogP contribution in [-0.4, -0.2) is 19.7 Å². The molecule has 0 radical (unpaired) electrons. The van der Waals surface area contributed by atoms with Crippen LogP contribution >= 0.6 is 24.0 Å². The lowest BCUT2D eigenvalue weighted by Crippen LogP contribution is -2.27. The third-order valence-electron chi connectivity index (χ3n) is 4.73. The predicted octanol–water partition coefficient (Wildman–Crippen LogP) is 5.54. The highest BCUT2D eigenvalue weighted by Crippen LogP contribution is 2.37. The molecule has 0 bridgehead atoms. The van der Waals surface area contributed by atoms with Crippen molar-refractivity contribution in [2.75, 3.05) is 4.90 Å². The van der Waals surface area contributed by atoms with Crippen molar-refractivity contribution in [3.05, 3.63) is 75.3 Å². The van der Waals surface area contributed by atoms with Crippen molar-refractivity contribution in [1.29, 1.82) is 0 Å². The normalized spacial score (nSPS) is 15.8. The Hall–Kier alpha value is -2.97. The summed E-state index contributed by atoms with van der Waals surface area (Å²) in [5.74, 6) is -0.227. The number of carbonyl (C=O) groups excluding carboxylic acids is 1. The first-order valence-electron chi connectivity index (χ1n) is 8.99. The summed E-state index contributed by atoms with van der Waals surface area (Å²) in [5.41, 5.74) is 2.56. The van der Waals surface area contributed by atoms with Crippen LogP contribution in [0.4, 0.5) is 11.4 Å². The SMILES string of the molecule is CC(C)n1cc(/C=C2\SC(=S)N(c3ccc([N+](=O)[O-])cc3)C2=O)c2ccccc21. The van der Waals surface area contributed by atoms with E-state index in [4.69, 9.17) is 12.2 Å². The van der Waals surface area contributed by atoms with E-state index in [1.165, 1.54) is 40.9 Å². The molecule has 6 nitrogen and oxygen atoms in total. The van der Waals surface area contributed by atoms with Crippen molar-refractivity contribution in [3.63, 3.8) is 0 Å². The maximum Gasteiger partial charge on any atom is 0.270 e. The van der Waals surface area contributed by atoms with Crippen LogP contribution in [0.5, 0.6) is 0 Å². The van der Waals surface area contributed by atoms with Crippen LogP contribution in [-0.2, 0) is 4.79 Å². The molecular formula is C21H17N3O3S2. The maximum absolute atomic E-state index is 13.0. The van der Waals surface area contributed by atoms with Crippen LogP contribution in [0.1, 0.15) is 25.5 Å². The first kappa shape index (κ1) is 19.4. The summed E-state index contributed by atoms with van der Waals surface area (Å²) in [6.45, 7) is 4.23. The number of fused-ring (bicyclic) bond motifs is 1. The molecule has 1 aromatic heterocycles. The van der Waals surface area contributed by atoms with Crippen LogP contribution in [0.3, 0.4) is 0 Å². The van der Waals surface area contributed by atoms with Gasteiger partial charge < -0.3 is 4.57 Å². The van der Waals surface area contributed by atoms with Crippen molar-refractivity contribution in [2.24, 2.45) is 0 Å². The Morgan fingerprint density at radius 2 is 1.83 bits per heavy atom. The monoisotopic (exact) mass is 423 g/mol. The van der Waals surface area contributed by atoms with Gasteiger partial charge in [0.05, 0.1) is 15.5 Å². The lowest BCUT2D eigenvalue weighted by atomic mass is 10.1. The first-order chi connectivity index (χ1) is 13.9. The van der Waals surface area contributed by atoms with E-state index in [-0.39, 0.29) is 17.6 Å². The molecule has 0 saturated carbocycles. The molecule has 0 unspecified atom stereocenters. The van der Waals surface area contributed by atoms with Gasteiger partial charge in [-0.25, -0.2) is 0 Å². The number of amides is 1. The number of rotatable bonds is 4. The van der Waals surface area contributed by atoms with Gasteiger partial charge in [-0.1, -0.05) is 42.2 Å². The molecule has 8 heteroatoms. The van der Waals surface area contributed by atoms with Gasteiger partial charge in [0, 0.05) is 40.8 Å². The summed E-state index contributed by atoms with van der Waals surface area (Å²) < 4.78 is 2.58.